The van der Waals surface area contributed by atoms with Crippen molar-refractivity contribution < 1.29 is 18.7 Å². The van der Waals surface area contributed by atoms with Crippen LogP contribution in [-0.4, -0.2) is 35.2 Å². The molecule has 3 rings (SSSR count). The van der Waals surface area contributed by atoms with Gasteiger partial charge in [-0.2, -0.15) is 5.10 Å². The number of nitrogens with zero attached hydrogens (tertiary/aromatic N) is 2. The summed E-state index contributed by atoms with van der Waals surface area (Å²) >= 11 is 6.30. The molecular weight excluding hydrogens is 413 g/mol. The van der Waals surface area contributed by atoms with Crippen LogP contribution in [0.15, 0.2) is 48.5 Å². The second-order valence-electron chi connectivity index (χ2n) is 6.20. The predicted molar refractivity (Wildman–Crippen MR) is 110 cm³/mol. The second-order valence-corrected chi connectivity index (χ2v) is 6.55. The Morgan fingerprint density at radius 3 is 2.53 bits per heavy atom. The number of nitrogens with one attached hydrogen (secondary N) is 3. The minimum Gasteiger partial charge on any atom is -0.495 e. The van der Waals surface area contributed by atoms with E-state index in [1.165, 1.54) is 36.1 Å². The maximum atomic E-state index is 13.1. The third kappa shape index (κ3) is 4.69. The lowest BCUT2D eigenvalue weighted by atomic mass is 10.2. The van der Waals surface area contributed by atoms with Gasteiger partial charge in [0.2, 0.25) is 0 Å². The van der Waals surface area contributed by atoms with Gasteiger partial charge in [-0.3, -0.25) is 20.4 Å². The van der Waals surface area contributed by atoms with E-state index in [1.54, 1.807) is 25.1 Å². The maximum Gasteiger partial charge on any atom is 0.274 e. The van der Waals surface area contributed by atoms with Crippen LogP contribution >= 0.6 is 11.6 Å². The predicted octanol–water partition coefficient (Wildman–Crippen LogP) is 2.85. The number of hydrogen-bond acceptors (Lipinski definition) is 5. The summed E-state index contributed by atoms with van der Waals surface area (Å²) < 4.78 is 19.6. The molecule has 0 aliphatic heterocycles. The van der Waals surface area contributed by atoms with Crippen molar-refractivity contribution in [2.24, 2.45) is 0 Å². The Balaban J connectivity index is 1.62. The Kier molecular flexibility index (Phi) is 6.53. The smallest absolute Gasteiger partial charge is 0.274 e. The Labute approximate surface area is 177 Å². The number of halogens is 2. The number of aromatic nitrogens is 2. The third-order valence-corrected chi connectivity index (χ3v) is 4.51. The molecule has 0 aliphatic carbocycles. The topological polar surface area (TPSA) is 97.3 Å². The molecule has 0 radical (unpaired) electrons. The zero-order valence-corrected chi connectivity index (χ0v) is 17.0. The van der Waals surface area contributed by atoms with Crippen LogP contribution in [0.3, 0.4) is 0 Å². The molecule has 0 bridgehead atoms. The summed E-state index contributed by atoms with van der Waals surface area (Å²) in [5.41, 5.74) is 6.20. The fourth-order valence-electron chi connectivity index (χ4n) is 2.71. The molecule has 0 atom stereocenters. The highest BCUT2D eigenvalue weighted by Crippen LogP contribution is 2.24. The molecular formula is C20H19ClFN5O3. The van der Waals surface area contributed by atoms with Gasteiger partial charge < -0.3 is 10.1 Å². The molecule has 2 amide bonds. The zero-order chi connectivity index (χ0) is 21.7. The quantitative estimate of drug-likeness (QED) is 0.521. The Morgan fingerprint density at radius 2 is 1.83 bits per heavy atom. The molecule has 0 spiro atoms. The van der Waals surface area contributed by atoms with Crippen molar-refractivity contribution in [3.05, 3.63) is 70.8 Å². The Bertz CT molecular complexity index is 1070. The molecule has 8 nitrogen and oxygen atoms in total. The van der Waals surface area contributed by atoms with Gasteiger partial charge in [-0.1, -0.05) is 23.7 Å². The van der Waals surface area contributed by atoms with Gasteiger partial charge >= 0.3 is 0 Å². The number of hydrogen-bond donors (Lipinski definition) is 3. The molecule has 1 heterocycles. The average molecular weight is 432 g/mol. The maximum absolute atomic E-state index is 13.1. The lowest BCUT2D eigenvalue weighted by Gasteiger charge is -2.11. The first-order valence-electron chi connectivity index (χ1n) is 8.88. The van der Waals surface area contributed by atoms with Crippen LogP contribution in [-0.2, 0) is 4.79 Å². The van der Waals surface area contributed by atoms with Crippen LogP contribution in [0.4, 0.5) is 10.1 Å². The van der Waals surface area contributed by atoms with Crippen LogP contribution in [0, 0.1) is 12.7 Å². The van der Waals surface area contributed by atoms with Crippen molar-refractivity contribution in [3.63, 3.8) is 0 Å². The zero-order valence-electron chi connectivity index (χ0n) is 16.2. The van der Waals surface area contributed by atoms with Crippen molar-refractivity contribution in [1.29, 1.82) is 0 Å². The van der Waals surface area contributed by atoms with Crippen molar-refractivity contribution >= 4 is 29.1 Å². The fraction of sp³-hybridized carbons (Fsp3) is 0.150. The molecule has 1 aromatic heterocycles. The van der Waals surface area contributed by atoms with Gasteiger partial charge in [0.05, 0.1) is 30.7 Å². The summed E-state index contributed by atoms with van der Waals surface area (Å²) in [6.45, 7) is 1.51. The highest BCUT2D eigenvalue weighted by molar-refractivity contribution is 6.33. The van der Waals surface area contributed by atoms with Crippen LogP contribution in [0.5, 0.6) is 5.75 Å². The summed E-state index contributed by atoms with van der Waals surface area (Å²) in [6.07, 6.45) is 0. The summed E-state index contributed by atoms with van der Waals surface area (Å²) in [6, 6.07) is 12.6. The van der Waals surface area contributed by atoms with E-state index < -0.39 is 17.6 Å². The fourth-order valence-corrected chi connectivity index (χ4v) is 3.07. The van der Waals surface area contributed by atoms with Crippen molar-refractivity contribution in [2.75, 3.05) is 19.0 Å². The van der Waals surface area contributed by atoms with Crippen molar-refractivity contribution in [2.45, 2.75) is 6.92 Å². The van der Waals surface area contributed by atoms with E-state index in [4.69, 9.17) is 16.3 Å². The number of benzene rings is 2. The highest BCUT2D eigenvalue weighted by Gasteiger charge is 2.21. The van der Waals surface area contributed by atoms with Crippen molar-refractivity contribution in [3.8, 4) is 11.4 Å². The molecule has 3 N–H and O–H groups in total. The molecule has 0 saturated carbocycles. The number of anilines is 1. The van der Waals surface area contributed by atoms with E-state index in [-0.39, 0.29) is 17.3 Å². The van der Waals surface area contributed by atoms with Crippen molar-refractivity contribution in [1.82, 2.24) is 20.6 Å². The first-order valence-corrected chi connectivity index (χ1v) is 9.25. The molecule has 156 valence electrons. The first kappa shape index (κ1) is 21.1. The van der Waals surface area contributed by atoms with Gasteiger partial charge in [0.25, 0.3) is 11.8 Å². The lowest BCUT2D eigenvalue weighted by Crippen LogP contribution is -2.44. The lowest BCUT2D eigenvalue weighted by molar-refractivity contribution is -0.120. The molecule has 0 unspecified atom stereocenters. The van der Waals surface area contributed by atoms with E-state index in [9.17, 15) is 14.0 Å². The number of aryl methyl sites for hydroxylation is 1. The molecule has 2 aromatic carbocycles. The molecule has 0 fully saturated rings. The number of rotatable bonds is 6. The molecule has 0 aliphatic rings. The SMILES string of the molecule is COc1ccccc1NCC(=O)NNC(=O)c1c(C)nn(-c2ccc(F)cc2)c1Cl. The Morgan fingerprint density at radius 1 is 1.13 bits per heavy atom. The standard InChI is InChI=1S/C20H19ClFN5O3/c1-12-18(19(21)27(26-12)14-9-7-13(22)8-10-14)20(29)25-24-17(28)11-23-15-5-3-4-6-16(15)30-2/h3-10,23H,11H2,1-2H3,(H,24,28)(H,25,29). The number of methoxy groups -OCH3 is 1. The van der Waals surface area contributed by atoms with Gasteiger partial charge in [-0.05, 0) is 43.3 Å². The monoisotopic (exact) mass is 431 g/mol. The summed E-state index contributed by atoms with van der Waals surface area (Å²) in [7, 11) is 1.53. The van der Waals surface area contributed by atoms with Gasteiger partial charge in [0.15, 0.2) is 0 Å². The Hall–Kier alpha value is -3.59. The van der Waals surface area contributed by atoms with E-state index in [0.29, 0.717) is 22.8 Å². The van der Waals surface area contributed by atoms with Crippen LogP contribution in [0.2, 0.25) is 5.15 Å². The van der Waals surface area contributed by atoms with E-state index in [2.05, 4.69) is 21.3 Å². The minimum absolute atomic E-state index is 0.0398. The summed E-state index contributed by atoms with van der Waals surface area (Å²) in [5.74, 6) is -0.920. The van der Waals surface area contributed by atoms with Gasteiger partial charge in [-0.15, -0.1) is 0 Å². The highest BCUT2D eigenvalue weighted by atomic mass is 35.5. The van der Waals surface area contributed by atoms with Gasteiger partial charge in [0, 0.05) is 0 Å². The number of ether oxygens (including phenoxy) is 1. The van der Waals surface area contributed by atoms with E-state index in [0.717, 1.165) is 0 Å². The molecule has 3 aromatic rings. The molecule has 0 saturated heterocycles. The van der Waals surface area contributed by atoms with E-state index in [1.807, 2.05) is 6.07 Å². The first-order chi connectivity index (χ1) is 14.4. The third-order valence-electron chi connectivity index (χ3n) is 4.16. The minimum atomic E-state index is -0.628. The number of hydrazine groups is 1. The number of carbonyl (C=O) groups is 2. The second kappa shape index (κ2) is 9.27. The summed E-state index contributed by atoms with van der Waals surface area (Å²) in [4.78, 5) is 24.6. The summed E-state index contributed by atoms with van der Waals surface area (Å²) in [5, 5.41) is 7.17. The van der Waals surface area contributed by atoms with Crippen LogP contribution in [0.1, 0.15) is 16.1 Å². The number of carbonyl (C=O) groups excluding carboxylic acids is 2. The van der Waals surface area contributed by atoms with E-state index >= 15 is 0 Å². The van der Waals surface area contributed by atoms with Crippen LogP contribution in [0.25, 0.3) is 5.69 Å². The normalized spacial score (nSPS) is 10.4. The van der Waals surface area contributed by atoms with Gasteiger partial charge in [-0.25, -0.2) is 9.07 Å². The average Bonchev–Trinajstić information content (AvgIpc) is 3.05. The van der Waals surface area contributed by atoms with Crippen LogP contribution < -0.4 is 20.9 Å². The molecule has 10 heteroatoms. The molecule has 30 heavy (non-hydrogen) atoms. The largest absolute Gasteiger partial charge is 0.495 e. The van der Waals surface area contributed by atoms with Gasteiger partial charge in [0.1, 0.15) is 22.3 Å². The number of amides is 2. The number of para-hydroxylation sites is 2.